The Morgan fingerprint density at radius 1 is 1.30 bits per heavy atom. The minimum absolute atomic E-state index is 0.506. The van der Waals surface area contributed by atoms with Crippen molar-refractivity contribution in [1.82, 2.24) is 4.98 Å². The van der Waals surface area contributed by atoms with E-state index in [9.17, 15) is 4.79 Å². The first-order chi connectivity index (χ1) is 9.83. The van der Waals surface area contributed by atoms with Crippen LogP contribution < -0.4 is 4.74 Å². The Kier molecular flexibility index (Phi) is 3.77. The summed E-state index contributed by atoms with van der Waals surface area (Å²) in [5.74, 6) is 1.34. The van der Waals surface area contributed by atoms with Crippen molar-refractivity contribution in [3.05, 3.63) is 29.5 Å². The number of H-pyrrole nitrogens is 1. The van der Waals surface area contributed by atoms with Crippen LogP contribution in [0.2, 0.25) is 0 Å². The van der Waals surface area contributed by atoms with Crippen LogP contribution in [0.4, 0.5) is 0 Å². The first-order valence-corrected chi connectivity index (χ1v) is 7.57. The van der Waals surface area contributed by atoms with Crippen molar-refractivity contribution in [2.45, 2.75) is 44.9 Å². The monoisotopic (exact) mass is 271 g/mol. The molecular formula is C17H21NO2. The molecule has 3 heteroatoms. The van der Waals surface area contributed by atoms with E-state index in [0.29, 0.717) is 12.5 Å². The SMILES string of the molecule is CCOc1ccc2[nH]c(C3CCCCC3)c(C=O)c2c1. The molecule has 0 spiro atoms. The number of aromatic amines is 1. The van der Waals surface area contributed by atoms with Gasteiger partial charge in [-0.3, -0.25) is 4.79 Å². The van der Waals surface area contributed by atoms with Gasteiger partial charge in [0, 0.05) is 22.2 Å². The third-order valence-electron chi connectivity index (χ3n) is 4.28. The number of benzene rings is 1. The van der Waals surface area contributed by atoms with Crippen molar-refractivity contribution in [3.8, 4) is 5.75 Å². The lowest BCUT2D eigenvalue weighted by molar-refractivity contribution is 0.112. The fourth-order valence-corrected chi connectivity index (χ4v) is 3.31. The number of hydrogen-bond acceptors (Lipinski definition) is 2. The van der Waals surface area contributed by atoms with E-state index in [1.165, 1.54) is 32.1 Å². The number of rotatable bonds is 4. The number of carbonyl (C=O) groups is 1. The predicted octanol–water partition coefficient (Wildman–Crippen LogP) is 4.43. The molecule has 106 valence electrons. The molecule has 1 heterocycles. The van der Waals surface area contributed by atoms with Gasteiger partial charge in [0.15, 0.2) is 6.29 Å². The summed E-state index contributed by atoms with van der Waals surface area (Å²) in [7, 11) is 0. The van der Waals surface area contributed by atoms with E-state index in [1.807, 2.05) is 25.1 Å². The van der Waals surface area contributed by atoms with E-state index in [-0.39, 0.29) is 0 Å². The van der Waals surface area contributed by atoms with Gasteiger partial charge in [-0.25, -0.2) is 0 Å². The maximum Gasteiger partial charge on any atom is 0.152 e. The lowest BCUT2D eigenvalue weighted by Gasteiger charge is -2.21. The third-order valence-corrected chi connectivity index (χ3v) is 4.28. The molecule has 0 aliphatic heterocycles. The van der Waals surface area contributed by atoms with Gasteiger partial charge >= 0.3 is 0 Å². The third kappa shape index (κ3) is 2.33. The van der Waals surface area contributed by atoms with Crippen molar-refractivity contribution in [2.75, 3.05) is 6.61 Å². The maximum atomic E-state index is 11.6. The molecule has 0 amide bonds. The van der Waals surface area contributed by atoms with Crippen molar-refractivity contribution < 1.29 is 9.53 Å². The molecule has 20 heavy (non-hydrogen) atoms. The van der Waals surface area contributed by atoms with E-state index in [2.05, 4.69) is 4.98 Å². The molecule has 2 aromatic rings. The molecule has 1 saturated carbocycles. The van der Waals surface area contributed by atoms with Crippen molar-refractivity contribution in [3.63, 3.8) is 0 Å². The summed E-state index contributed by atoms with van der Waals surface area (Å²) in [6.45, 7) is 2.61. The van der Waals surface area contributed by atoms with Crippen LogP contribution in [0.15, 0.2) is 18.2 Å². The van der Waals surface area contributed by atoms with Crippen LogP contribution in [0, 0.1) is 0 Å². The van der Waals surface area contributed by atoms with Gasteiger partial charge in [0.2, 0.25) is 0 Å². The van der Waals surface area contributed by atoms with Crippen LogP contribution in [-0.2, 0) is 0 Å². The summed E-state index contributed by atoms with van der Waals surface area (Å²) < 4.78 is 5.54. The number of ether oxygens (including phenoxy) is 1. The van der Waals surface area contributed by atoms with Crippen LogP contribution in [0.5, 0.6) is 5.75 Å². The Morgan fingerprint density at radius 2 is 2.10 bits per heavy atom. The Hall–Kier alpha value is -1.77. The molecule has 3 rings (SSSR count). The predicted molar refractivity (Wildman–Crippen MR) is 80.7 cm³/mol. The number of aromatic nitrogens is 1. The van der Waals surface area contributed by atoms with E-state index >= 15 is 0 Å². The van der Waals surface area contributed by atoms with Gasteiger partial charge in [-0.05, 0) is 43.9 Å². The van der Waals surface area contributed by atoms with Gasteiger partial charge in [-0.2, -0.15) is 0 Å². The molecular weight excluding hydrogens is 250 g/mol. The number of carbonyl (C=O) groups excluding carboxylic acids is 1. The summed E-state index contributed by atoms with van der Waals surface area (Å²) >= 11 is 0. The minimum atomic E-state index is 0.506. The molecule has 1 aliphatic carbocycles. The summed E-state index contributed by atoms with van der Waals surface area (Å²) in [5, 5.41) is 0.992. The molecule has 0 atom stereocenters. The molecule has 1 aromatic heterocycles. The van der Waals surface area contributed by atoms with Gasteiger partial charge in [0.05, 0.1) is 6.61 Å². The molecule has 0 radical (unpaired) electrons. The largest absolute Gasteiger partial charge is 0.494 e. The van der Waals surface area contributed by atoms with E-state index in [4.69, 9.17) is 4.74 Å². The zero-order chi connectivity index (χ0) is 13.9. The van der Waals surface area contributed by atoms with Gasteiger partial charge in [0.25, 0.3) is 0 Å². The molecule has 0 saturated heterocycles. The lowest BCUT2D eigenvalue weighted by Crippen LogP contribution is -2.06. The molecule has 1 aromatic carbocycles. The average Bonchev–Trinajstić information content (AvgIpc) is 2.86. The fourth-order valence-electron chi connectivity index (χ4n) is 3.31. The summed E-state index contributed by atoms with van der Waals surface area (Å²) in [4.78, 5) is 15.0. The van der Waals surface area contributed by atoms with E-state index in [0.717, 1.165) is 34.2 Å². The van der Waals surface area contributed by atoms with Gasteiger partial charge in [-0.1, -0.05) is 19.3 Å². The van der Waals surface area contributed by atoms with Crippen molar-refractivity contribution in [2.24, 2.45) is 0 Å². The summed E-state index contributed by atoms with van der Waals surface area (Å²) in [6, 6.07) is 5.95. The minimum Gasteiger partial charge on any atom is -0.494 e. The van der Waals surface area contributed by atoms with Crippen LogP contribution in [0.25, 0.3) is 10.9 Å². The van der Waals surface area contributed by atoms with E-state index in [1.54, 1.807) is 0 Å². The highest BCUT2D eigenvalue weighted by molar-refractivity contribution is 5.99. The van der Waals surface area contributed by atoms with Crippen LogP contribution in [0.3, 0.4) is 0 Å². The zero-order valence-electron chi connectivity index (χ0n) is 11.9. The number of aldehydes is 1. The molecule has 1 aliphatic rings. The van der Waals surface area contributed by atoms with Gasteiger partial charge in [-0.15, -0.1) is 0 Å². The zero-order valence-corrected chi connectivity index (χ0v) is 11.9. The number of hydrogen-bond donors (Lipinski definition) is 1. The highest BCUT2D eigenvalue weighted by Gasteiger charge is 2.22. The normalized spacial score (nSPS) is 16.4. The van der Waals surface area contributed by atoms with Crippen molar-refractivity contribution in [1.29, 1.82) is 0 Å². The number of nitrogens with one attached hydrogen (secondary N) is 1. The molecule has 3 nitrogen and oxygen atoms in total. The lowest BCUT2D eigenvalue weighted by atomic mass is 9.85. The van der Waals surface area contributed by atoms with Crippen molar-refractivity contribution >= 4 is 17.2 Å². The second-order valence-electron chi connectivity index (χ2n) is 5.55. The Bertz CT molecular complexity index is 609. The quantitative estimate of drug-likeness (QED) is 0.836. The maximum absolute atomic E-state index is 11.6. The first-order valence-electron chi connectivity index (χ1n) is 7.57. The fraction of sp³-hybridized carbons (Fsp3) is 0.471. The second-order valence-corrected chi connectivity index (χ2v) is 5.55. The topological polar surface area (TPSA) is 42.1 Å². The molecule has 0 bridgehead atoms. The van der Waals surface area contributed by atoms with Crippen LogP contribution in [-0.4, -0.2) is 17.9 Å². The van der Waals surface area contributed by atoms with Gasteiger partial charge < -0.3 is 9.72 Å². The highest BCUT2D eigenvalue weighted by Crippen LogP contribution is 2.37. The molecule has 1 N–H and O–H groups in total. The average molecular weight is 271 g/mol. The second kappa shape index (κ2) is 5.70. The molecule has 1 fully saturated rings. The summed E-state index contributed by atoms with van der Waals surface area (Å²) in [6.07, 6.45) is 7.23. The Labute approximate surface area is 119 Å². The summed E-state index contributed by atoms with van der Waals surface area (Å²) in [5.41, 5.74) is 2.99. The Morgan fingerprint density at radius 3 is 2.80 bits per heavy atom. The standard InChI is InChI=1S/C17H21NO2/c1-2-20-13-8-9-16-14(10-13)15(11-19)17(18-16)12-6-4-3-5-7-12/h8-12,18H,2-7H2,1H3. The molecule has 0 unspecified atom stereocenters. The smallest absolute Gasteiger partial charge is 0.152 e. The number of fused-ring (bicyclic) bond motifs is 1. The first kappa shape index (κ1) is 13.2. The van der Waals surface area contributed by atoms with Gasteiger partial charge in [0.1, 0.15) is 5.75 Å². The van der Waals surface area contributed by atoms with Crippen LogP contribution >= 0.6 is 0 Å². The Balaban J connectivity index is 2.05. The van der Waals surface area contributed by atoms with E-state index < -0.39 is 0 Å². The van der Waals surface area contributed by atoms with Crippen LogP contribution in [0.1, 0.15) is 61.0 Å². The highest BCUT2D eigenvalue weighted by atomic mass is 16.5.